The molecule has 0 amide bonds. The molecule has 0 saturated carbocycles. The summed E-state index contributed by atoms with van der Waals surface area (Å²) in [5.41, 5.74) is 1.42. The zero-order valence-corrected chi connectivity index (χ0v) is 10.8. The lowest BCUT2D eigenvalue weighted by molar-refractivity contribution is 0.301. The summed E-state index contributed by atoms with van der Waals surface area (Å²) < 4.78 is 0. The molecular formula is C17H21N. The van der Waals surface area contributed by atoms with Crippen molar-refractivity contribution in [2.45, 2.75) is 25.3 Å². The molecule has 94 valence electrons. The second-order valence-electron chi connectivity index (χ2n) is 5.49. The van der Waals surface area contributed by atoms with Crippen molar-refractivity contribution in [3.8, 4) is 0 Å². The molecule has 0 spiro atoms. The van der Waals surface area contributed by atoms with Crippen molar-refractivity contribution >= 4 is 0 Å². The molecule has 0 radical (unpaired) electrons. The van der Waals surface area contributed by atoms with Crippen LogP contribution in [0.5, 0.6) is 0 Å². The van der Waals surface area contributed by atoms with Gasteiger partial charge in [-0.25, -0.2) is 0 Å². The second-order valence-corrected chi connectivity index (χ2v) is 5.49. The summed E-state index contributed by atoms with van der Waals surface area (Å²) in [6.07, 6.45) is 21.6. The molecule has 3 rings (SSSR count). The SMILES string of the molecule is C=C[C@@H]1CCC=CC1[C@H]1C[C@H]2C=CC=CC2=CN1. The molecule has 1 nitrogen and oxygen atoms in total. The minimum absolute atomic E-state index is 0.550. The molecule has 0 aromatic carbocycles. The van der Waals surface area contributed by atoms with E-state index in [1.807, 2.05) is 0 Å². The van der Waals surface area contributed by atoms with E-state index in [2.05, 4.69) is 60.6 Å². The highest BCUT2D eigenvalue weighted by Crippen LogP contribution is 2.35. The van der Waals surface area contributed by atoms with E-state index >= 15 is 0 Å². The van der Waals surface area contributed by atoms with Crippen LogP contribution in [0.25, 0.3) is 0 Å². The fraction of sp³-hybridized carbons (Fsp3) is 0.412. The Morgan fingerprint density at radius 2 is 2.22 bits per heavy atom. The highest BCUT2D eigenvalue weighted by Gasteiger charge is 2.31. The average Bonchev–Trinajstić information content (AvgIpc) is 2.46. The molecule has 4 atom stereocenters. The van der Waals surface area contributed by atoms with E-state index in [1.165, 1.54) is 24.8 Å². The van der Waals surface area contributed by atoms with Crippen LogP contribution in [0.15, 0.2) is 60.9 Å². The zero-order chi connectivity index (χ0) is 12.4. The van der Waals surface area contributed by atoms with Gasteiger partial charge in [-0.2, -0.15) is 0 Å². The molecule has 2 aliphatic carbocycles. The lowest BCUT2D eigenvalue weighted by atomic mass is 9.74. The normalized spacial score (nSPS) is 37.7. The first-order valence-corrected chi connectivity index (χ1v) is 6.98. The van der Waals surface area contributed by atoms with Gasteiger partial charge in [-0.05, 0) is 30.8 Å². The first kappa shape index (κ1) is 11.6. The number of fused-ring (bicyclic) bond motifs is 1. The molecule has 1 N–H and O–H groups in total. The molecule has 18 heavy (non-hydrogen) atoms. The third kappa shape index (κ3) is 2.10. The maximum absolute atomic E-state index is 4.01. The Morgan fingerprint density at radius 3 is 3.11 bits per heavy atom. The standard InChI is InChI=1S/C17H21N/c1-2-13-7-5-6-10-16(13)17-11-14-8-3-4-9-15(14)12-18-17/h2-4,6,8-10,12-14,16-18H,1,5,7,11H2/t13-,14-,16?,17-/m1/s1. The maximum atomic E-state index is 4.01. The lowest BCUT2D eigenvalue weighted by Gasteiger charge is -2.37. The molecule has 1 aliphatic heterocycles. The van der Waals surface area contributed by atoms with Crippen LogP contribution in [-0.2, 0) is 0 Å². The van der Waals surface area contributed by atoms with Crippen LogP contribution in [0.4, 0.5) is 0 Å². The van der Waals surface area contributed by atoms with Crippen molar-refractivity contribution in [1.82, 2.24) is 5.32 Å². The van der Waals surface area contributed by atoms with E-state index in [-0.39, 0.29) is 0 Å². The number of nitrogens with one attached hydrogen (secondary N) is 1. The fourth-order valence-electron chi connectivity index (χ4n) is 3.37. The van der Waals surface area contributed by atoms with Gasteiger partial charge in [-0.1, -0.05) is 42.5 Å². The van der Waals surface area contributed by atoms with Crippen molar-refractivity contribution in [3.05, 3.63) is 60.9 Å². The molecule has 1 heterocycles. The van der Waals surface area contributed by atoms with Gasteiger partial charge in [0.2, 0.25) is 0 Å². The smallest absolute Gasteiger partial charge is 0.0333 e. The average molecular weight is 239 g/mol. The summed E-state index contributed by atoms with van der Waals surface area (Å²) in [5, 5.41) is 3.61. The summed E-state index contributed by atoms with van der Waals surface area (Å²) in [6, 6.07) is 0.550. The van der Waals surface area contributed by atoms with Gasteiger partial charge in [-0.3, -0.25) is 0 Å². The molecule has 3 aliphatic rings. The molecule has 0 aromatic heterocycles. The summed E-state index contributed by atoms with van der Waals surface area (Å²) in [6.45, 7) is 4.01. The third-order valence-electron chi connectivity index (χ3n) is 4.43. The monoisotopic (exact) mass is 239 g/mol. The molecule has 0 saturated heterocycles. The minimum atomic E-state index is 0.550. The van der Waals surface area contributed by atoms with E-state index < -0.39 is 0 Å². The molecule has 0 bridgehead atoms. The summed E-state index contributed by atoms with van der Waals surface area (Å²) in [5.74, 6) is 1.83. The molecule has 0 fully saturated rings. The van der Waals surface area contributed by atoms with Crippen LogP contribution in [0.1, 0.15) is 19.3 Å². The first-order chi connectivity index (χ1) is 8.88. The summed E-state index contributed by atoms with van der Waals surface area (Å²) in [7, 11) is 0. The molecular weight excluding hydrogens is 218 g/mol. The quantitative estimate of drug-likeness (QED) is 0.724. The van der Waals surface area contributed by atoms with Crippen LogP contribution in [0.3, 0.4) is 0 Å². The first-order valence-electron chi connectivity index (χ1n) is 6.98. The van der Waals surface area contributed by atoms with Crippen molar-refractivity contribution in [1.29, 1.82) is 0 Å². The Bertz CT molecular complexity index is 439. The van der Waals surface area contributed by atoms with Gasteiger partial charge in [-0.15, -0.1) is 6.58 Å². The number of allylic oxidation sites excluding steroid dienone is 7. The topological polar surface area (TPSA) is 12.0 Å². The van der Waals surface area contributed by atoms with Crippen LogP contribution < -0.4 is 5.32 Å². The second kappa shape index (κ2) is 5.01. The highest BCUT2D eigenvalue weighted by molar-refractivity contribution is 5.34. The van der Waals surface area contributed by atoms with Gasteiger partial charge in [0.1, 0.15) is 0 Å². The Morgan fingerprint density at radius 1 is 1.28 bits per heavy atom. The van der Waals surface area contributed by atoms with E-state index in [9.17, 15) is 0 Å². The van der Waals surface area contributed by atoms with Gasteiger partial charge in [0.25, 0.3) is 0 Å². The number of hydrogen-bond donors (Lipinski definition) is 1. The molecule has 0 aromatic rings. The maximum Gasteiger partial charge on any atom is 0.0333 e. The number of hydrogen-bond acceptors (Lipinski definition) is 1. The van der Waals surface area contributed by atoms with Gasteiger partial charge in [0.15, 0.2) is 0 Å². The Labute approximate surface area is 110 Å². The van der Waals surface area contributed by atoms with Crippen LogP contribution in [0, 0.1) is 17.8 Å². The number of rotatable bonds is 2. The highest BCUT2D eigenvalue weighted by atomic mass is 14.9. The summed E-state index contributed by atoms with van der Waals surface area (Å²) in [4.78, 5) is 0. The fourth-order valence-corrected chi connectivity index (χ4v) is 3.37. The van der Waals surface area contributed by atoms with Gasteiger partial charge < -0.3 is 5.32 Å². The van der Waals surface area contributed by atoms with Gasteiger partial charge >= 0.3 is 0 Å². The third-order valence-corrected chi connectivity index (χ3v) is 4.43. The Hall–Kier alpha value is -1.50. The van der Waals surface area contributed by atoms with Crippen LogP contribution in [0.2, 0.25) is 0 Å². The van der Waals surface area contributed by atoms with Gasteiger partial charge in [0, 0.05) is 24.1 Å². The van der Waals surface area contributed by atoms with Crippen molar-refractivity contribution in [2.24, 2.45) is 17.8 Å². The predicted molar refractivity (Wildman–Crippen MR) is 76.9 cm³/mol. The summed E-state index contributed by atoms with van der Waals surface area (Å²) >= 11 is 0. The van der Waals surface area contributed by atoms with Crippen molar-refractivity contribution in [3.63, 3.8) is 0 Å². The van der Waals surface area contributed by atoms with E-state index in [4.69, 9.17) is 0 Å². The predicted octanol–water partition coefficient (Wildman–Crippen LogP) is 3.74. The molecule has 1 heteroatoms. The van der Waals surface area contributed by atoms with E-state index in [1.54, 1.807) is 0 Å². The van der Waals surface area contributed by atoms with E-state index in [0.29, 0.717) is 23.8 Å². The van der Waals surface area contributed by atoms with E-state index in [0.717, 1.165) is 0 Å². The Kier molecular flexibility index (Phi) is 3.22. The largest absolute Gasteiger partial charge is 0.387 e. The molecule has 1 unspecified atom stereocenters. The van der Waals surface area contributed by atoms with Crippen LogP contribution >= 0.6 is 0 Å². The minimum Gasteiger partial charge on any atom is -0.387 e. The zero-order valence-electron chi connectivity index (χ0n) is 10.8. The van der Waals surface area contributed by atoms with Crippen molar-refractivity contribution < 1.29 is 0 Å². The van der Waals surface area contributed by atoms with Crippen LogP contribution in [-0.4, -0.2) is 6.04 Å². The van der Waals surface area contributed by atoms with Crippen molar-refractivity contribution in [2.75, 3.05) is 0 Å². The lowest BCUT2D eigenvalue weighted by Crippen LogP contribution is -2.41. The Balaban J connectivity index is 1.78. The van der Waals surface area contributed by atoms with Gasteiger partial charge in [0.05, 0.1) is 0 Å².